The molecule has 1 aromatic rings. The van der Waals surface area contributed by atoms with Gasteiger partial charge in [0.1, 0.15) is 107 Å². The van der Waals surface area contributed by atoms with Crippen LogP contribution in [0.15, 0.2) is 6.20 Å². The van der Waals surface area contributed by atoms with E-state index in [9.17, 15) is 62.3 Å². The van der Waals surface area contributed by atoms with E-state index in [4.69, 9.17) is 90.0 Å². The maximum Gasteiger partial charge on any atom is 0.408 e. The molecule has 0 aromatic carbocycles. The number of esters is 7. The zero-order valence-electron chi connectivity index (χ0n) is 74.6. The predicted octanol–water partition coefficient (Wildman–Crippen LogP) is 8.36. The number of hydrogen-bond donors (Lipinski definition) is 6. The van der Waals surface area contributed by atoms with E-state index in [2.05, 4.69) is 49.1 Å². The summed E-state index contributed by atoms with van der Waals surface area (Å²) in [4.78, 5) is 180. The second kappa shape index (κ2) is 45.3. The van der Waals surface area contributed by atoms with Gasteiger partial charge in [0, 0.05) is 48.0 Å². The number of unbranched alkanes of at least 4 members (excludes halogenated alkanes) is 8. The van der Waals surface area contributed by atoms with Gasteiger partial charge in [0.05, 0.1) is 31.4 Å². The normalized spacial score (nSPS) is 26.3. The van der Waals surface area contributed by atoms with Gasteiger partial charge < -0.3 is 122 Å². The lowest BCUT2D eigenvalue weighted by molar-refractivity contribution is -0.313. The molecule has 3 aliphatic heterocycles. The van der Waals surface area contributed by atoms with Gasteiger partial charge in [0.15, 0.2) is 49.4 Å². The minimum atomic E-state index is -2.20. The summed E-state index contributed by atoms with van der Waals surface area (Å²) in [5.74, 6) is -6.59. The second-order valence-electron chi connectivity index (χ2n) is 35.9. The monoisotopic (exact) mass is 1730 g/mol. The maximum atomic E-state index is 14.6. The quantitative estimate of drug-likeness (QED) is 0.0214. The second-order valence-corrected chi connectivity index (χ2v) is 35.9. The van der Waals surface area contributed by atoms with Crippen LogP contribution in [0, 0.1) is 0 Å². The maximum absolute atomic E-state index is 14.6. The van der Waals surface area contributed by atoms with Gasteiger partial charge in [-0.2, -0.15) is 0 Å². The molecule has 6 amide bonds. The summed E-state index contributed by atoms with van der Waals surface area (Å²) < 4.78 is 118. The lowest BCUT2D eigenvalue weighted by Crippen LogP contribution is -2.71. The number of amides is 6. The van der Waals surface area contributed by atoms with Gasteiger partial charge in [-0.3, -0.25) is 33.6 Å². The number of aromatic nitrogens is 3. The van der Waals surface area contributed by atoms with Crippen LogP contribution in [-0.2, 0) is 130 Å². The summed E-state index contributed by atoms with van der Waals surface area (Å²) in [7, 11) is 0. The first-order valence-electron chi connectivity index (χ1n) is 40.9. The fourth-order valence-corrected chi connectivity index (χ4v) is 13.4. The molecular formula is C80H131N9O32. The summed E-state index contributed by atoms with van der Waals surface area (Å²) in [5.41, 5.74) is -7.07. The Hall–Kier alpha value is -9.19. The molecule has 0 bridgehead atoms. The highest BCUT2D eigenvalue weighted by atomic mass is 16.8. The van der Waals surface area contributed by atoms with Crippen molar-refractivity contribution in [3.63, 3.8) is 0 Å². The molecular weight excluding hydrogens is 1600 g/mol. The summed E-state index contributed by atoms with van der Waals surface area (Å²) in [6, 6.07) is -8.54. The van der Waals surface area contributed by atoms with Crippen LogP contribution in [0.1, 0.15) is 255 Å². The number of nitrogens with one attached hydrogen (secondary N) is 6. The predicted molar refractivity (Wildman–Crippen MR) is 421 cm³/mol. The highest BCUT2D eigenvalue weighted by Gasteiger charge is 2.61. The zero-order chi connectivity index (χ0) is 91.0. The van der Waals surface area contributed by atoms with Gasteiger partial charge in [-0.25, -0.2) is 33.4 Å². The van der Waals surface area contributed by atoms with E-state index in [-0.39, 0.29) is 12.1 Å². The Morgan fingerprint density at radius 1 is 0.388 bits per heavy atom. The number of carbonyl (C=O) groups is 13. The van der Waals surface area contributed by atoms with E-state index in [1.54, 1.807) is 83.1 Å². The van der Waals surface area contributed by atoms with Gasteiger partial charge in [0.25, 0.3) is 0 Å². The number of alkyl carbamates (subject to hydrolysis) is 6. The first kappa shape index (κ1) is 102. The summed E-state index contributed by atoms with van der Waals surface area (Å²) in [6.07, 6.45) is -23.6. The van der Waals surface area contributed by atoms with Gasteiger partial charge >= 0.3 is 78.3 Å². The van der Waals surface area contributed by atoms with Crippen LogP contribution in [-0.4, -0.2) is 257 Å². The fourth-order valence-electron chi connectivity index (χ4n) is 13.4. The van der Waals surface area contributed by atoms with Crippen LogP contribution < -0.4 is 31.9 Å². The Balaban J connectivity index is 1.86. The molecule has 0 unspecified atom stereocenters. The molecule has 121 heavy (non-hydrogen) atoms. The lowest BCUT2D eigenvalue weighted by atomic mass is 9.83. The SMILES string of the molecule is CCCCCCCCCCCC(=O)OCc1cn([C@@H]2[C@@H](NC(=O)OC(C)(C)C)[C@@H](O[C@H]3[C@@H](OC(C)=O)[C@H](O[C@@H]4[C@@H](OC(C)=O)[C@H](NC(=O)OC(C)(C)C)C[C@H](NC(=O)OC(C)(C)C)[C@H]4O[C@H]4O[C@H](CNC(=O)OC(C)(C)C)[C@@H](OC(C)=O)[C@H](OC(C)=O)[C@H]4NC(=O)OC(C)(C)C)O[C@@H]3COC(C)=O)O[C@@H](CNC(=O)OC(C)(C)C)[C@H]2OC(C)=O)nn1. The van der Waals surface area contributed by atoms with Crippen molar-refractivity contribution >= 4 is 78.3 Å². The highest BCUT2D eigenvalue weighted by molar-refractivity contribution is 5.73. The van der Waals surface area contributed by atoms with E-state index in [0.717, 1.165) is 84.7 Å². The van der Waals surface area contributed by atoms with E-state index in [0.29, 0.717) is 6.42 Å². The Bertz CT molecular complexity index is 3630. The topological polar surface area (TPSA) is 500 Å². The lowest BCUT2D eigenvalue weighted by Gasteiger charge is -2.50. The number of carbonyl (C=O) groups excluding carboxylic acids is 13. The molecule has 1 aromatic heterocycles. The third-order valence-electron chi connectivity index (χ3n) is 17.6. The van der Waals surface area contributed by atoms with Crippen molar-refractivity contribution in [3.05, 3.63) is 11.9 Å². The van der Waals surface area contributed by atoms with Crippen LogP contribution in [0.25, 0.3) is 0 Å². The summed E-state index contributed by atoms with van der Waals surface area (Å²) in [5, 5.41) is 24.7. The van der Waals surface area contributed by atoms with Crippen molar-refractivity contribution < 1.29 is 152 Å². The Kier molecular flexibility index (Phi) is 38.3. The molecule has 19 atom stereocenters. The van der Waals surface area contributed by atoms with Gasteiger partial charge in [-0.1, -0.05) is 63.5 Å². The molecule has 1 saturated carbocycles. The van der Waals surface area contributed by atoms with E-state index in [1.165, 1.54) is 60.6 Å². The van der Waals surface area contributed by atoms with Crippen LogP contribution in [0.3, 0.4) is 0 Å². The van der Waals surface area contributed by atoms with E-state index >= 15 is 0 Å². The molecule has 41 heteroatoms. The van der Waals surface area contributed by atoms with Crippen LogP contribution in [0.4, 0.5) is 28.8 Å². The first-order valence-corrected chi connectivity index (χ1v) is 40.9. The van der Waals surface area contributed by atoms with Crippen molar-refractivity contribution in [1.29, 1.82) is 0 Å². The van der Waals surface area contributed by atoms with E-state index in [1.807, 2.05) is 0 Å². The highest BCUT2D eigenvalue weighted by Crippen LogP contribution is 2.41. The minimum Gasteiger partial charge on any atom is -0.463 e. The molecule has 6 N–H and O–H groups in total. The molecule has 4 heterocycles. The minimum absolute atomic E-state index is 0.0467. The van der Waals surface area contributed by atoms with Crippen LogP contribution in [0.2, 0.25) is 0 Å². The average Bonchev–Trinajstić information content (AvgIpc) is 1.75. The first-order chi connectivity index (χ1) is 56.0. The van der Waals surface area contributed by atoms with Gasteiger partial charge in [-0.05, 0) is 137 Å². The standard InChI is InChI=1S/C80H131N9O32/c1-26-27-28-29-30-31-32-33-34-35-54(96)104-40-48-39-89(88-87-48)57-55(85-73(101)120-79(20,21)22)66(110-51(60(57)106-44(4)92)37-81-69(97)116-75(8,9)10)114-62-53(41-103-42(2)90)112-68(65(62)109-47(7)95)115-64-58(105-43(3)91)49(83-71(99)118-77(14,15)16)36-50(84-72(100)119-78(17,18)19)59(64)113-67-56(86-74(102)121-80(23,24)25)63(108-46(6)94)61(107-45(5)93)52(111-67)38-82-70(98)117-76(11,12)13/h39,49-53,55-68H,26-38,40-41H2,1-25H3,(H,81,97)(H,82,98)(H,83,99)(H,84,100)(H,85,101)(H,86,102)/t49-,50+,51+,52-,53-,55-,56-,57-,58+,59-,60-,61-,62-,63-,64-,65-,66-,67-,68+/m1/s1. The van der Waals surface area contributed by atoms with Crippen molar-refractivity contribution in [3.8, 4) is 0 Å². The smallest absolute Gasteiger partial charge is 0.408 e. The number of hydrogen-bond acceptors (Lipinski definition) is 34. The van der Waals surface area contributed by atoms with Gasteiger partial charge in [-0.15, -0.1) is 5.10 Å². The molecule has 688 valence electrons. The fraction of sp³-hybridized carbons (Fsp3) is 0.812. The number of ether oxygens (including phenoxy) is 19. The Morgan fingerprint density at radius 2 is 0.760 bits per heavy atom. The van der Waals surface area contributed by atoms with Crippen molar-refractivity contribution in [2.45, 2.75) is 400 Å². The molecule has 1 aliphatic carbocycles. The zero-order valence-corrected chi connectivity index (χ0v) is 74.6. The largest absolute Gasteiger partial charge is 0.463 e. The number of rotatable bonds is 34. The molecule has 0 spiro atoms. The molecule has 4 fully saturated rings. The van der Waals surface area contributed by atoms with Crippen molar-refractivity contribution in [1.82, 2.24) is 46.9 Å². The van der Waals surface area contributed by atoms with Crippen LogP contribution in [0.5, 0.6) is 0 Å². The molecule has 5 rings (SSSR count). The number of nitrogens with zero attached hydrogens (tertiary/aromatic N) is 3. The van der Waals surface area contributed by atoms with E-state index < -0.39 is 261 Å². The Morgan fingerprint density at radius 3 is 1.22 bits per heavy atom. The molecule has 0 radical (unpaired) electrons. The van der Waals surface area contributed by atoms with Crippen molar-refractivity contribution in [2.75, 3.05) is 19.7 Å². The molecule has 3 saturated heterocycles. The van der Waals surface area contributed by atoms with Crippen LogP contribution >= 0.6 is 0 Å². The summed E-state index contributed by atoms with van der Waals surface area (Å²) >= 11 is 0. The van der Waals surface area contributed by atoms with Gasteiger partial charge in [0.2, 0.25) is 0 Å². The molecule has 4 aliphatic rings. The average molecular weight is 1730 g/mol. The van der Waals surface area contributed by atoms with Crippen molar-refractivity contribution in [2.24, 2.45) is 0 Å². The molecule has 41 nitrogen and oxygen atoms in total. The third kappa shape index (κ3) is 36.8. The third-order valence-corrected chi connectivity index (χ3v) is 17.6. The summed E-state index contributed by atoms with van der Waals surface area (Å²) in [6.45, 7) is 33.7. The Labute approximate surface area is 706 Å².